The highest BCUT2D eigenvalue weighted by molar-refractivity contribution is 7.09. The van der Waals surface area contributed by atoms with Gasteiger partial charge in [0.05, 0.1) is 5.51 Å². The molecule has 0 saturated carbocycles. The quantitative estimate of drug-likeness (QED) is 0.677. The molecule has 0 bridgehead atoms. The third kappa shape index (κ3) is 2.62. The lowest BCUT2D eigenvalue weighted by molar-refractivity contribution is 0.352. The molecule has 1 aromatic heterocycles. The molecule has 0 amide bonds. The average Bonchev–Trinajstić information content (AvgIpc) is 2.39. The summed E-state index contributed by atoms with van der Waals surface area (Å²) in [6.45, 7) is 6.83. The van der Waals surface area contributed by atoms with Crippen molar-refractivity contribution in [2.45, 2.75) is 33.6 Å². The van der Waals surface area contributed by atoms with Crippen LogP contribution < -0.4 is 0 Å². The van der Waals surface area contributed by atoms with Crippen LogP contribution in [0.25, 0.3) is 0 Å². The maximum absolute atomic E-state index is 4.06. The molecule has 11 heavy (non-hydrogen) atoms. The standard InChI is InChI=1S/C9H15NS/c1-4-9(2,3)5-8-6-10-7-11-8/h6-7H,4-5H2,1-3H3. The zero-order valence-corrected chi connectivity index (χ0v) is 8.24. The number of rotatable bonds is 3. The number of hydrogen-bond acceptors (Lipinski definition) is 2. The Morgan fingerprint density at radius 1 is 1.55 bits per heavy atom. The van der Waals surface area contributed by atoms with Gasteiger partial charge in [-0.3, -0.25) is 4.98 Å². The molecule has 0 unspecified atom stereocenters. The molecule has 0 N–H and O–H groups in total. The summed E-state index contributed by atoms with van der Waals surface area (Å²) in [4.78, 5) is 5.46. The van der Waals surface area contributed by atoms with Gasteiger partial charge in [0.2, 0.25) is 0 Å². The number of thiazole rings is 1. The van der Waals surface area contributed by atoms with Gasteiger partial charge < -0.3 is 0 Å². The minimum atomic E-state index is 0.437. The van der Waals surface area contributed by atoms with E-state index >= 15 is 0 Å². The Morgan fingerprint density at radius 2 is 2.27 bits per heavy atom. The summed E-state index contributed by atoms with van der Waals surface area (Å²) in [6.07, 6.45) is 4.36. The molecule has 0 aliphatic heterocycles. The summed E-state index contributed by atoms with van der Waals surface area (Å²) in [6, 6.07) is 0. The fraction of sp³-hybridized carbons (Fsp3) is 0.667. The van der Waals surface area contributed by atoms with Crippen LogP contribution in [0.5, 0.6) is 0 Å². The first-order valence-electron chi connectivity index (χ1n) is 4.01. The van der Waals surface area contributed by atoms with E-state index in [1.807, 2.05) is 11.7 Å². The summed E-state index contributed by atoms with van der Waals surface area (Å²) in [5, 5.41) is 0. The van der Waals surface area contributed by atoms with Crippen LogP contribution in [0.4, 0.5) is 0 Å². The second kappa shape index (κ2) is 3.35. The van der Waals surface area contributed by atoms with E-state index in [1.54, 1.807) is 11.3 Å². The number of nitrogens with zero attached hydrogens (tertiary/aromatic N) is 1. The second-order valence-electron chi connectivity index (χ2n) is 3.66. The van der Waals surface area contributed by atoms with Crippen molar-refractivity contribution >= 4 is 11.3 Å². The van der Waals surface area contributed by atoms with E-state index in [4.69, 9.17) is 0 Å². The molecular formula is C9H15NS. The predicted octanol–water partition coefficient (Wildman–Crippen LogP) is 3.12. The van der Waals surface area contributed by atoms with Crippen molar-refractivity contribution < 1.29 is 0 Å². The number of aromatic nitrogens is 1. The van der Waals surface area contributed by atoms with Crippen molar-refractivity contribution in [3.63, 3.8) is 0 Å². The van der Waals surface area contributed by atoms with Crippen LogP contribution in [0.1, 0.15) is 32.1 Å². The second-order valence-corrected chi connectivity index (χ2v) is 4.63. The van der Waals surface area contributed by atoms with Crippen molar-refractivity contribution in [2.24, 2.45) is 5.41 Å². The van der Waals surface area contributed by atoms with Gasteiger partial charge in [0.1, 0.15) is 0 Å². The first-order valence-corrected chi connectivity index (χ1v) is 4.89. The Kier molecular flexibility index (Phi) is 2.66. The molecule has 0 radical (unpaired) electrons. The monoisotopic (exact) mass is 169 g/mol. The van der Waals surface area contributed by atoms with Crippen LogP contribution in [0.15, 0.2) is 11.7 Å². The van der Waals surface area contributed by atoms with Crippen LogP contribution in [0.2, 0.25) is 0 Å². The summed E-state index contributed by atoms with van der Waals surface area (Å²) < 4.78 is 0. The van der Waals surface area contributed by atoms with E-state index < -0.39 is 0 Å². The van der Waals surface area contributed by atoms with E-state index in [-0.39, 0.29) is 0 Å². The summed E-state index contributed by atoms with van der Waals surface area (Å²) in [7, 11) is 0. The van der Waals surface area contributed by atoms with Gasteiger partial charge in [-0.15, -0.1) is 11.3 Å². The highest BCUT2D eigenvalue weighted by Crippen LogP contribution is 2.26. The van der Waals surface area contributed by atoms with Gasteiger partial charge in [-0.2, -0.15) is 0 Å². The Hall–Kier alpha value is -0.370. The first kappa shape index (κ1) is 8.72. The topological polar surface area (TPSA) is 12.9 Å². The van der Waals surface area contributed by atoms with Gasteiger partial charge >= 0.3 is 0 Å². The Balaban J connectivity index is 2.56. The molecule has 1 rings (SSSR count). The maximum atomic E-state index is 4.06. The average molecular weight is 169 g/mol. The zero-order chi connectivity index (χ0) is 8.32. The minimum Gasteiger partial charge on any atom is -0.253 e. The van der Waals surface area contributed by atoms with Crippen LogP contribution in [-0.4, -0.2) is 4.98 Å². The molecule has 1 heterocycles. The van der Waals surface area contributed by atoms with Gasteiger partial charge in [0.15, 0.2) is 0 Å². The lowest BCUT2D eigenvalue weighted by Gasteiger charge is -2.20. The fourth-order valence-corrected chi connectivity index (χ4v) is 1.78. The molecule has 0 saturated heterocycles. The molecule has 1 nitrogen and oxygen atoms in total. The molecule has 0 spiro atoms. The van der Waals surface area contributed by atoms with Crippen molar-refractivity contribution in [2.75, 3.05) is 0 Å². The first-order chi connectivity index (χ1) is 5.14. The van der Waals surface area contributed by atoms with Crippen LogP contribution >= 0.6 is 11.3 Å². The summed E-state index contributed by atoms with van der Waals surface area (Å²) in [5.41, 5.74) is 2.34. The summed E-state index contributed by atoms with van der Waals surface area (Å²) in [5.74, 6) is 0. The van der Waals surface area contributed by atoms with Crippen molar-refractivity contribution in [3.8, 4) is 0 Å². The van der Waals surface area contributed by atoms with Gasteiger partial charge in [0, 0.05) is 11.1 Å². The third-order valence-electron chi connectivity index (χ3n) is 2.09. The minimum absolute atomic E-state index is 0.437. The molecule has 0 fully saturated rings. The van der Waals surface area contributed by atoms with E-state index in [2.05, 4.69) is 25.8 Å². The molecule has 2 heteroatoms. The van der Waals surface area contributed by atoms with E-state index in [0.29, 0.717) is 5.41 Å². The Labute approximate surface area is 72.5 Å². The number of hydrogen-bond donors (Lipinski definition) is 0. The largest absolute Gasteiger partial charge is 0.253 e. The Bertz CT molecular complexity index is 201. The molecule has 1 aromatic rings. The smallest absolute Gasteiger partial charge is 0.0794 e. The lowest BCUT2D eigenvalue weighted by atomic mass is 9.86. The van der Waals surface area contributed by atoms with Gasteiger partial charge in [-0.05, 0) is 11.8 Å². The molecule has 0 aromatic carbocycles. The molecule has 62 valence electrons. The van der Waals surface area contributed by atoms with E-state index in [9.17, 15) is 0 Å². The SMILES string of the molecule is CCC(C)(C)Cc1cncs1. The van der Waals surface area contributed by atoms with Gasteiger partial charge in [-0.25, -0.2) is 0 Å². The van der Waals surface area contributed by atoms with E-state index in [1.165, 1.54) is 11.3 Å². The maximum Gasteiger partial charge on any atom is 0.0794 e. The van der Waals surface area contributed by atoms with Crippen LogP contribution in [0, 0.1) is 5.41 Å². The van der Waals surface area contributed by atoms with Crippen molar-refractivity contribution in [3.05, 3.63) is 16.6 Å². The molecule has 0 aliphatic carbocycles. The van der Waals surface area contributed by atoms with Gasteiger partial charge in [-0.1, -0.05) is 27.2 Å². The highest BCUT2D eigenvalue weighted by atomic mass is 32.1. The van der Waals surface area contributed by atoms with Crippen molar-refractivity contribution in [1.29, 1.82) is 0 Å². The van der Waals surface area contributed by atoms with Crippen LogP contribution in [0.3, 0.4) is 0 Å². The Morgan fingerprint density at radius 3 is 2.73 bits per heavy atom. The zero-order valence-electron chi connectivity index (χ0n) is 7.42. The molecular weight excluding hydrogens is 154 g/mol. The third-order valence-corrected chi connectivity index (χ3v) is 2.87. The summed E-state index contributed by atoms with van der Waals surface area (Å²) >= 11 is 1.75. The molecule has 0 aliphatic rings. The molecule has 0 atom stereocenters. The van der Waals surface area contributed by atoms with Crippen molar-refractivity contribution in [1.82, 2.24) is 4.98 Å². The highest BCUT2D eigenvalue weighted by Gasteiger charge is 2.16. The lowest BCUT2D eigenvalue weighted by Crippen LogP contribution is -2.12. The van der Waals surface area contributed by atoms with Crippen LogP contribution in [-0.2, 0) is 6.42 Å². The predicted molar refractivity (Wildman–Crippen MR) is 49.9 cm³/mol. The fourth-order valence-electron chi connectivity index (χ4n) is 0.926. The van der Waals surface area contributed by atoms with E-state index in [0.717, 1.165) is 6.42 Å². The van der Waals surface area contributed by atoms with Gasteiger partial charge in [0.25, 0.3) is 0 Å². The normalized spacial score (nSPS) is 11.9.